The van der Waals surface area contributed by atoms with Gasteiger partial charge in [0.2, 0.25) is 0 Å². The van der Waals surface area contributed by atoms with E-state index in [9.17, 15) is 0 Å². The van der Waals surface area contributed by atoms with E-state index >= 15 is 0 Å². The third-order valence-corrected chi connectivity index (χ3v) is 4.38. The van der Waals surface area contributed by atoms with Gasteiger partial charge in [-0.15, -0.1) is 0 Å². The van der Waals surface area contributed by atoms with Crippen molar-refractivity contribution in [3.05, 3.63) is 63.9 Å². The summed E-state index contributed by atoms with van der Waals surface area (Å²) in [5.74, 6) is 0.890. The molecule has 0 fully saturated rings. The largest absolute Gasteiger partial charge is 0.356 e. The average Bonchev–Trinajstić information content (AvgIpc) is 2.55. The molecule has 2 rings (SSSR count). The minimum Gasteiger partial charge on any atom is -0.356 e. The van der Waals surface area contributed by atoms with Crippen LogP contribution in [0.1, 0.15) is 16.8 Å². The molecule has 0 radical (unpaired) electrons. The van der Waals surface area contributed by atoms with E-state index in [0.717, 1.165) is 35.6 Å². The van der Waals surface area contributed by atoms with E-state index in [4.69, 9.17) is 0 Å². The highest BCUT2D eigenvalue weighted by Crippen LogP contribution is 2.17. The summed E-state index contributed by atoms with van der Waals surface area (Å²) >= 11 is 3.59. The smallest absolute Gasteiger partial charge is 0.193 e. The van der Waals surface area contributed by atoms with Crippen LogP contribution in [0.25, 0.3) is 0 Å². The van der Waals surface area contributed by atoms with Gasteiger partial charge in [0.25, 0.3) is 0 Å². The van der Waals surface area contributed by atoms with Crippen LogP contribution in [-0.4, -0.2) is 36.5 Å². The number of aromatic nitrogens is 1. The highest BCUT2D eigenvalue weighted by molar-refractivity contribution is 9.10. The highest BCUT2D eigenvalue weighted by Gasteiger charge is 2.08. The van der Waals surface area contributed by atoms with Crippen molar-refractivity contribution in [2.45, 2.75) is 19.9 Å². The Bertz CT molecular complexity index is 652. The van der Waals surface area contributed by atoms with Gasteiger partial charge in [-0.1, -0.05) is 40.2 Å². The van der Waals surface area contributed by atoms with Gasteiger partial charge in [-0.2, -0.15) is 0 Å². The number of nitrogens with zero attached hydrogens (tertiary/aromatic N) is 3. The molecule has 0 atom stereocenters. The monoisotopic (exact) mass is 374 g/mol. The maximum absolute atomic E-state index is 4.36. The molecule has 122 valence electrons. The standard InChI is InChI=1S/C18H23BrN4/c1-14-8-9-15(12-22-14)10-11-21-18(20-2)23(3)13-16-6-4-5-7-17(16)19/h4-9,12H,10-11,13H2,1-3H3,(H,20,21). The summed E-state index contributed by atoms with van der Waals surface area (Å²) in [6.07, 6.45) is 2.86. The van der Waals surface area contributed by atoms with Crippen LogP contribution in [0.4, 0.5) is 0 Å². The number of nitrogens with one attached hydrogen (secondary N) is 1. The highest BCUT2D eigenvalue weighted by atomic mass is 79.9. The minimum absolute atomic E-state index is 0.799. The first kappa shape index (κ1) is 17.5. The Kier molecular flexibility index (Phi) is 6.59. The number of aliphatic imine (C=N–C) groups is 1. The predicted octanol–water partition coefficient (Wildman–Crippen LogP) is 3.40. The van der Waals surface area contributed by atoms with Crippen molar-refractivity contribution in [1.29, 1.82) is 0 Å². The molecule has 1 heterocycles. The molecule has 1 N–H and O–H groups in total. The Morgan fingerprint density at radius 2 is 2.04 bits per heavy atom. The van der Waals surface area contributed by atoms with Gasteiger partial charge in [-0.25, -0.2) is 0 Å². The Hall–Kier alpha value is -1.88. The van der Waals surface area contributed by atoms with Crippen molar-refractivity contribution in [2.75, 3.05) is 20.6 Å². The van der Waals surface area contributed by atoms with Crippen LogP contribution in [0.5, 0.6) is 0 Å². The van der Waals surface area contributed by atoms with Crippen LogP contribution in [0, 0.1) is 6.92 Å². The van der Waals surface area contributed by atoms with Crippen molar-refractivity contribution in [2.24, 2.45) is 4.99 Å². The number of benzene rings is 1. The summed E-state index contributed by atoms with van der Waals surface area (Å²) in [7, 11) is 3.86. The Labute approximate surface area is 146 Å². The molecule has 23 heavy (non-hydrogen) atoms. The SMILES string of the molecule is CN=C(NCCc1ccc(C)nc1)N(C)Cc1ccccc1Br. The van der Waals surface area contributed by atoms with Gasteiger partial charge in [0.05, 0.1) is 0 Å². The molecular weight excluding hydrogens is 352 g/mol. The van der Waals surface area contributed by atoms with Gasteiger partial charge in [0.15, 0.2) is 5.96 Å². The van der Waals surface area contributed by atoms with E-state index < -0.39 is 0 Å². The number of hydrogen-bond acceptors (Lipinski definition) is 2. The summed E-state index contributed by atoms with van der Waals surface area (Å²) < 4.78 is 1.12. The zero-order valence-electron chi connectivity index (χ0n) is 13.9. The maximum Gasteiger partial charge on any atom is 0.193 e. The number of guanidine groups is 1. The third kappa shape index (κ3) is 5.36. The molecule has 1 aromatic heterocycles. The van der Waals surface area contributed by atoms with Crippen molar-refractivity contribution in [3.8, 4) is 0 Å². The molecule has 0 aliphatic heterocycles. The summed E-state index contributed by atoms with van der Waals surface area (Å²) in [6.45, 7) is 3.63. The van der Waals surface area contributed by atoms with Crippen LogP contribution in [-0.2, 0) is 13.0 Å². The van der Waals surface area contributed by atoms with Crippen molar-refractivity contribution < 1.29 is 0 Å². The van der Waals surface area contributed by atoms with Crippen LogP contribution >= 0.6 is 15.9 Å². The second-order valence-corrected chi connectivity index (χ2v) is 6.33. The Balaban J connectivity index is 1.87. The Morgan fingerprint density at radius 3 is 2.70 bits per heavy atom. The van der Waals surface area contributed by atoms with Gasteiger partial charge in [0, 0.05) is 43.5 Å². The second-order valence-electron chi connectivity index (χ2n) is 5.48. The van der Waals surface area contributed by atoms with E-state index in [1.807, 2.05) is 39.3 Å². The lowest BCUT2D eigenvalue weighted by Gasteiger charge is -2.22. The Morgan fingerprint density at radius 1 is 1.26 bits per heavy atom. The van der Waals surface area contributed by atoms with Crippen molar-refractivity contribution in [3.63, 3.8) is 0 Å². The fourth-order valence-electron chi connectivity index (χ4n) is 2.31. The number of pyridine rings is 1. The number of hydrogen-bond donors (Lipinski definition) is 1. The van der Waals surface area contributed by atoms with Crippen LogP contribution in [0.3, 0.4) is 0 Å². The molecular formula is C18H23BrN4. The van der Waals surface area contributed by atoms with Gasteiger partial charge >= 0.3 is 0 Å². The first-order valence-electron chi connectivity index (χ1n) is 7.67. The van der Waals surface area contributed by atoms with E-state index in [1.165, 1.54) is 11.1 Å². The van der Waals surface area contributed by atoms with E-state index in [1.54, 1.807) is 0 Å². The molecule has 0 bridgehead atoms. The quantitative estimate of drug-likeness (QED) is 0.643. The first-order chi connectivity index (χ1) is 11.1. The van der Waals surface area contributed by atoms with Gasteiger partial charge in [-0.05, 0) is 36.6 Å². The predicted molar refractivity (Wildman–Crippen MR) is 99.6 cm³/mol. The fourth-order valence-corrected chi connectivity index (χ4v) is 2.72. The molecule has 0 saturated carbocycles. The summed E-state index contributed by atoms with van der Waals surface area (Å²) in [4.78, 5) is 10.8. The molecule has 0 aliphatic rings. The molecule has 5 heteroatoms. The number of rotatable bonds is 5. The normalized spacial score (nSPS) is 11.4. The summed E-state index contributed by atoms with van der Waals surface area (Å²) in [5.41, 5.74) is 3.51. The summed E-state index contributed by atoms with van der Waals surface area (Å²) in [6, 6.07) is 12.4. The van der Waals surface area contributed by atoms with Crippen molar-refractivity contribution in [1.82, 2.24) is 15.2 Å². The van der Waals surface area contributed by atoms with Crippen LogP contribution in [0.15, 0.2) is 52.1 Å². The van der Waals surface area contributed by atoms with Gasteiger partial charge in [-0.3, -0.25) is 9.98 Å². The first-order valence-corrected chi connectivity index (χ1v) is 8.46. The number of aryl methyl sites for hydroxylation is 1. The van der Waals surface area contributed by atoms with E-state index in [0.29, 0.717) is 0 Å². The van der Waals surface area contributed by atoms with E-state index in [2.05, 4.69) is 60.4 Å². The fraction of sp³-hybridized carbons (Fsp3) is 0.333. The van der Waals surface area contributed by atoms with Gasteiger partial charge in [0.1, 0.15) is 0 Å². The molecule has 0 aliphatic carbocycles. The topological polar surface area (TPSA) is 40.5 Å². The van der Waals surface area contributed by atoms with Crippen LogP contribution in [0.2, 0.25) is 0 Å². The summed E-state index contributed by atoms with van der Waals surface area (Å²) in [5, 5.41) is 3.40. The zero-order valence-corrected chi connectivity index (χ0v) is 15.5. The minimum atomic E-state index is 0.799. The lowest BCUT2D eigenvalue weighted by Crippen LogP contribution is -2.39. The molecule has 0 unspecified atom stereocenters. The second kappa shape index (κ2) is 8.67. The average molecular weight is 375 g/mol. The zero-order chi connectivity index (χ0) is 16.7. The maximum atomic E-state index is 4.36. The molecule has 0 saturated heterocycles. The molecule has 4 nitrogen and oxygen atoms in total. The third-order valence-electron chi connectivity index (χ3n) is 3.61. The van der Waals surface area contributed by atoms with E-state index in [-0.39, 0.29) is 0 Å². The lowest BCUT2D eigenvalue weighted by atomic mass is 10.2. The van der Waals surface area contributed by atoms with Crippen LogP contribution < -0.4 is 5.32 Å². The van der Waals surface area contributed by atoms with Gasteiger partial charge < -0.3 is 10.2 Å². The molecule has 2 aromatic rings. The molecule has 1 aromatic carbocycles. The molecule has 0 spiro atoms. The number of halogens is 1. The lowest BCUT2D eigenvalue weighted by molar-refractivity contribution is 0.476. The molecule has 0 amide bonds. The van der Waals surface area contributed by atoms with Crippen molar-refractivity contribution >= 4 is 21.9 Å².